The fraction of sp³-hybridized carbons (Fsp3) is 0.400. The number of aromatic nitrogens is 1. The minimum absolute atomic E-state index is 0.464. The summed E-state index contributed by atoms with van der Waals surface area (Å²) in [5.74, 6) is 0. The Morgan fingerprint density at radius 1 is 1.19 bits per heavy atom. The van der Waals surface area contributed by atoms with Crippen LogP contribution >= 0.6 is 22.9 Å². The molecule has 21 heavy (non-hydrogen) atoms. The first-order chi connectivity index (χ1) is 10.2. The standard InChI is InChI=1S/C15H18ClN3OS/c16-13-3-1-12(2-4-13)14(20)11-18-6-8-19(9-7-18)15-17-5-10-21-15/h1-5,10,14,20H,6-9,11H2/t14-/m1/s1. The molecular weight excluding hydrogens is 306 g/mol. The molecule has 1 aromatic carbocycles. The molecule has 0 unspecified atom stereocenters. The van der Waals surface area contributed by atoms with Crippen molar-refractivity contribution in [3.63, 3.8) is 0 Å². The highest BCUT2D eigenvalue weighted by Gasteiger charge is 2.21. The van der Waals surface area contributed by atoms with Gasteiger partial charge in [-0.25, -0.2) is 4.98 Å². The average Bonchev–Trinajstić information content (AvgIpc) is 3.03. The Hall–Kier alpha value is -1.14. The van der Waals surface area contributed by atoms with Gasteiger partial charge in [0, 0.05) is 49.3 Å². The lowest BCUT2D eigenvalue weighted by atomic mass is 10.1. The molecule has 1 aliphatic rings. The number of anilines is 1. The number of halogens is 1. The van der Waals surface area contributed by atoms with Crippen molar-refractivity contribution < 1.29 is 5.11 Å². The van der Waals surface area contributed by atoms with Gasteiger partial charge in [0.2, 0.25) is 0 Å². The number of rotatable bonds is 4. The lowest BCUT2D eigenvalue weighted by molar-refractivity contribution is 0.109. The summed E-state index contributed by atoms with van der Waals surface area (Å²) >= 11 is 7.55. The van der Waals surface area contributed by atoms with Gasteiger partial charge in [-0.3, -0.25) is 4.90 Å². The van der Waals surface area contributed by atoms with Crippen LogP contribution in [0, 0.1) is 0 Å². The molecule has 1 aromatic heterocycles. The molecule has 0 bridgehead atoms. The van der Waals surface area contributed by atoms with Gasteiger partial charge in [0.25, 0.3) is 0 Å². The van der Waals surface area contributed by atoms with Crippen molar-refractivity contribution >= 4 is 28.1 Å². The maximum atomic E-state index is 10.3. The van der Waals surface area contributed by atoms with Gasteiger partial charge < -0.3 is 10.0 Å². The molecule has 4 nitrogen and oxygen atoms in total. The summed E-state index contributed by atoms with van der Waals surface area (Å²) in [6.07, 6.45) is 1.38. The van der Waals surface area contributed by atoms with Crippen molar-refractivity contribution in [2.24, 2.45) is 0 Å². The topological polar surface area (TPSA) is 39.6 Å². The zero-order valence-electron chi connectivity index (χ0n) is 11.7. The third kappa shape index (κ3) is 3.74. The molecule has 0 radical (unpaired) electrons. The van der Waals surface area contributed by atoms with E-state index >= 15 is 0 Å². The fourth-order valence-corrected chi connectivity index (χ4v) is 3.35. The minimum atomic E-state index is -0.464. The first-order valence-electron chi connectivity index (χ1n) is 7.03. The molecule has 0 aliphatic carbocycles. The number of piperazine rings is 1. The summed E-state index contributed by atoms with van der Waals surface area (Å²) in [5.41, 5.74) is 0.918. The molecule has 1 saturated heterocycles. The number of hydrogen-bond donors (Lipinski definition) is 1. The van der Waals surface area contributed by atoms with E-state index < -0.39 is 6.10 Å². The summed E-state index contributed by atoms with van der Waals surface area (Å²) in [4.78, 5) is 8.94. The van der Waals surface area contributed by atoms with E-state index in [0.717, 1.165) is 36.9 Å². The van der Waals surface area contributed by atoms with Gasteiger partial charge in [0.1, 0.15) is 0 Å². The second-order valence-corrected chi connectivity index (χ2v) is 6.48. The smallest absolute Gasteiger partial charge is 0.185 e. The predicted molar refractivity (Wildman–Crippen MR) is 87.2 cm³/mol. The zero-order valence-corrected chi connectivity index (χ0v) is 13.2. The van der Waals surface area contributed by atoms with Crippen molar-refractivity contribution in [1.29, 1.82) is 0 Å². The molecule has 0 saturated carbocycles. The maximum Gasteiger partial charge on any atom is 0.185 e. The van der Waals surface area contributed by atoms with Crippen LogP contribution < -0.4 is 4.90 Å². The van der Waals surface area contributed by atoms with E-state index in [-0.39, 0.29) is 0 Å². The third-order valence-corrected chi connectivity index (χ3v) is 4.83. The number of hydrogen-bond acceptors (Lipinski definition) is 5. The van der Waals surface area contributed by atoms with Crippen LogP contribution in [0.1, 0.15) is 11.7 Å². The van der Waals surface area contributed by atoms with Crippen molar-refractivity contribution in [1.82, 2.24) is 9.88 Å². The van der Waals surface area contributed by atoms with Crippen LogP contribution in [-0.4, -0.2) is 47.7 Å². The van der Waals surface area contributed by atoms with Crippen molar-refractivity contribution in [2.45, 2.75) is 6.10 Å². The summed E-state index contributed by atoms with van der Waals surface area (Å²) < 4.78 is 0. The first-order valence-corrected chi connectivity index (χ1v) is 8.28. The van der Waals surface area contributed by atoms with Crippen molar-refractivity contribution in [2.75, 3.05) is 37.6 Å². The molecule has 6 heteroatoms. The van der Waals surface area contributed by atoms with Gasteiger partial charge in [0.05, 0.1) is 6.10 Å². The van der Waals surface area contributed by atoms with Crippen LogP contribution in [0.2, 0.25) is 5.02 Å². The van der Waals surface area contributed by atoms with Gasteiger partial charge in [-0.1, -0.05) is 23.7 Å². The van der Waals surface area contributed by atoms with E-state index in [4.69, 9.17) is 11.6 Å². The average molecular weight is 324 g/mol. The molecular formula is C15H18ClN3OS. The molecule has 3 rings (SSSR count). The molecule has 2 heterocycles. The quantitative estimate of drug-likeness (QED) is 0.939. The van der Waals surface area contributed by atoms with Crippen LogP contribution in [0.3, 0.4) is 0 Å². The summed E-state index contributed by atoms with van der Waals surface area (Å²) in [5, 5.41) is 14.1. The Balaban J connectivity index is 1.52. The Kier molecular flexibility index (Phi) is 4.75. The molecule has 0 spiro atoms. The Morgan fingerprint density at radius 2 is 1.90 bits per heavy atom. The van der Waals surface area contributed by atoms with Crippen molar-refractivity contribution in [3.05, 3.63) is 46.4 Å². The van der Waals surface area contributed by atoms with E-state index in [1.165, 1.54) is 0 Å². The van der Waals surface area contributed by atoms with Crippen LogP contribution in [0.15, 0.2) is 35.8 Å². The van der Waals surface area contributed by atoms with Gasteiger partial charge in [0.15, 0.2) is 5.13 Å². The largest absolute Gasteiger partial charge is 0.387 e. The molecule has 1 atom stereocenters. The monoisotopic (exact) mass is 323 g/mol. The van der Waals surface area contributed by atoms with E-state index in [0.29, 0.717) is 11.6 Å². The van der Waals surface area contributed by atoms with E-state index in [9.17, 15) is 5.11 Å². The van der Waals surface area contributed by atoms with Gasteiger partial charge in [-0.2, -0.15) is 0 Å². The summed E-state index contributed by atoms with van der Waals surface area (Å²) in [7, 11) is 0. The van der Waals surface area contributed by atoms with Gasteiger partial charge in [-0.15, -0.1) is 11.3 Å². The normalized spacial score (nSPS) is 17.9. The van der Waals surface area contributed by atoms with Crippen LogP contribution in [0.5, 0.6) is 0 Å². The second kappa shape index (κ2) is 6.75. The highest BCUT2D eigenvalue weighted by atomic mass is 35.5. The molecule has 1 aliphatic heterocycles. The molecule has 1 fully saturated rings. The van der Waals surface area contributed by atoms with Crippen molar-refractivity contribution in [3.8, 4) is 0 Å². The number of nitrogens with zero attached hydrogens (tertiary/aromatic N) is 3. The molecule has 112 valence electrons. The second-order valence-electron chi connectivity index (χ2n) is 5.17. The maximum absolute atomic E-state index is 10.3. The third-order valence-electron chi connectivity index (χ3n) is 3.75. The van der Waals surface area contributed by atoms with Gasteiger partial charge in [-0.05, 0) is 17.7 Å². The molecule has 1 N–H and O–H groups in total. The number of aliphatic hydroxyl groups excluding tert-OH is 1. The lowest BCUT2D eigenvalue weighted by Gasteiger charge is -2.35. The lowest BCUT2D eigenvalue weighted by Crippen LogP contribution is -2.47. The number of benzene rings is 1. The zero-order chi connectivity index (χ0) is 14.7. The highest BCUT2D eigenvalue weighted by Crippen LogP contribution is 2.21. The molecule has 2 aromatic rings. The van der Waals surface area contributed by atoms with Gasteiger partial charge >= 0.3 is 0 Å². The van der Waals surface area contributed by atoms with E-state index in [1.807, 2.05) is 35.8 Å². The molecule has 0 amide bonds. The number of β-amino-alcohol motifs (C(OH)–C–C–N with tert-alkyl or cyclic N) is 1. The Bertz CT molecular complexity index is 553. The van der Waals surface area contributed by atoms with Crippen LogP contribution in [-0.2, 0) is 0 Å². The minimum Gasteiger partial charge on any atom is -0.387 e. The van der Waals surface area contributed by atoms with E-state index in [2.05, 4.69) is 14.8 Å². The number of thiazole rings is 1. The van der Waals surface area contributed by atoms with Crippen LogP contribution in [0.25, 0.3) is 0 Å². The van der Waals surface area contributed by atoms with E-state index in [1.54, 1.807) is 11.3 Å². The SMILES string of the molecule is O[C@H](CN1CCN(c2nccs2)CC1)c1ccc(Cl)cc1. The Morgan fingerprint density at radius 3 is 2.52 bits per heavy atom. The summed E-state index contributed by atoms with van der Waals surface area (Å²) in [6.45, 7) is 4.48. The predicted octanol–water partition coefficient (Wildman–Crippen LogP) is 2.65. The highest BCUT2D eigenvalue weighted by molar-refractivity contribution is 7.13. The fourth-order valence-electron chi connectivity index (χ4n) is 2.53. The summed E-state index contributed by atoms with van der Waals surface area (Å²) in [6, 6.07) is 7.42. The first kappa shape index (κ1) is 14.8. The van der Waals surface area contributed by atoms with Crippen LogP contribution in [0.4, 0.5) is 5.13 Å². The number of aliphatic hydroxyl groups is 1. The Labute approximate surface area is 133 Å².